The van der Waals surface area contributed by atoms with Gasteiger partial charge in [0.2, 0.25) is 0 Å². The summed E-state index contributed by atoms with van der Waals surface area (Å²) in [6, 6.07) is 9.22. The van der Waals surface area contributed by atoms with Crippen LogP contribution in [0.25, 0.3) is 0 Å². The van der Waals surface area contributed by atoms with E-state index in [4.69, 9.17) is 9.26 Å². The van der Waals surface area contributed by atoms with E-state index >= 15 is 0 Å². The molecule has 0 radical (unpaired) electrons. The summed E-state index contributed by atoms with van der Waals surface area (Å²) in [6.07, 6.45) is 1.00. The summed E-state index contributed by atoms with van der Waals surface area (Å²) in [5, 5.41) is 8.91. The lowest BCUT2D eigenvalue weighted by atomic mass is 10.2. The van der Waals surface area contributed by atoms with Crippen LogP contribution in [0.4, 0.5) is 10.6 Å². The van der Waals surface area contributed by atoms with E-state index in [1.54, 1.807) is 13.0 Å². The lowest BCUT2D eigenvalue weighted by Gasteiger charge is -2.08. The summed E-state index contributed by atoms with van der Waals surface area (Å²) in [6.45, 7) is 4.66. The van der Waals surface area contributed by atoms with Crippen molar-refractivity contribution in [2.75, 3.05) is 18.5 Å². The Bertz CT molecular complexity index is 578. The van der Waals surface area contributed by atoms with Gasteiger partial charge in [-0.15, -0.1) is 0 Å². The number of ether oxygens (including phenoxy) is 1. The molecular weight excluding hydrogens is 270 g/mol. The minimum absolute atomic E-state index is 0.340. The molecule has 0 unspecified atom stereocenters. The van der Waals surface area contributed by atoms with Crippen LogP contribution in [-0.2, 0) is 6.42 Å². The van der Waals surface area contributed by atoms with Crippen molar-refractivity contribution in [1.29, 1.82) is 0 Å². The van der Waals surface area contributed by atoms with Crippen molar-refractivity contribution >= 4 is 11.8 Å². The molecule has 2 rings (SSSR count). The van der Waals surface area contributed by atoms with Gasteiger partial charge >= 0.3 is 6.03 Å². The molecule has 21 heavy (non-hydrogen) atoms. The van der Waals surface area contributed by atoms with Crippen molar-refractivity contribution in [2.24, 2.45) is 0 Å². The third-order valence-corrected chi connectivity index (χ3v) is 2.86. The molecule has 0 bridgehead atoms. The van der Waals surface area contributed by atoms with Crippen molar-refractivity contribution in [2.45, 2.75) is 20.3 Å². The number of nitrogens with one attached hydrogen (secondary N) is 2. The van der Waals surface area contributed by atoms with Gasteiger partial charge in [0.05, 0.1) is 6.54 Å². The van der Waals surface area contributed by atoms with Gasteiger partial charge in [-0.3, -0.25) is 5.32 Å². The number of hydrogen-bond donors (Lipinski definition) is 2. The van der Waals surface area contributed by atoms with E-state index in [-0.39, 0.29) is 6.03 Å². The zero-order chi connectivity index (χ0) is 15.1. The molecule has 112 valence electrons. The Labute approximate surface area is 123 Å². The number of carbonyl (C=O) groups excluding carboxylic acids is 1. The van der Waals surface area contributed by atoms with Crippen LogP contribution in [0.2, 0.25) is 0 Å². The first kappa shape index (κ1) is 14.9. The van der Waals surface area contributed by atoms with Gasteiger partial charge in [-0.1, -0.05) is 24.2 Å². The molecule has 1 aromatic carbocycles. The minimum atomic E-state index is -0.340. The summed E-state index contributed by atoms with van der Waals surface area (Å²) in [5.74, 6) is 1.83. The first-order chi connectivity index (χ1) is 10.2. The second-order valence-corrected chi connectivity index (χ2v) is 4.55. The van der Waals surface area contributed by atoms with E-state index in [9.17, 15) is 4.79 Å². The predicted octanol–water partition coefficient (Wildman–Crippen LogP) is 2.75. The number of aryl methyl sites for hydroxylation is 2. The fraction of sp³-hybridized carbons (Fsp3) is 0.333. The molecule has 0 spiro atoms. The van der Waals surface area contributed by atoms with Crippen molar-refractivity contribution in [3.8, 4) is 5.75 Å². The molecule has 0 atom stereocenters. The molecule has 1 aromatic heterocycles. The maximum Gasteiger partial charge on any atom is 0.320 e. The minimum Gasteiger partial charge on any atom is -0.492 e. The van der Waals surface area contributed by atoms with Crippen molar-refractivity contribution in [1.82, 2.24) is 10.5 Å². The number of aromatic nitrogens is 1. The van der Waals surface area contributed by atoms with Gasteiger partial charge in [-0.2, -0.15) is 0 Å². The molecule has 2 amide bonds. The van der Waals surface area contributed by atoms with E-state index < -0.39 is 0 Å². The van der Waals surface area contributed by atoms with Crippen LogP contribution in [0, 0.1) is 6.92 Å². The van der Waals surface area contributed by atoms with Crippen LogP contribution in [0.5, 0.6) is 5.75 Å². The fourth-order valence-corrected chi connectivity index (χ4v) is 1.74. The van der Waals surface area contributed by atoms with Crippen LogP contribution in [0.3, 0.4) is 0 Å². The molecule has 6 heteroatoms. The molecule has 0 aliphatic carbocycles. The molecule has 2 aromatic rings. The van der Waals surface area contributed by atoms with E-state index in [1.165, 1.54) is 5.56 Å². The summed E-state index contributed by atoms with van der Waals surface area (Å²) in [4.78, 5) is 11.6. The first-order valence-electron chi connectivity index (χ1n) is 6.87. The average Bonchev–Trinajstić information content (AvgIpc) is 2.89. The second-order valence-electron chi connectivity index (χ2n) is 4.55. The zero-order valence-electron chi connectivity index (χ0n) is 12.2. The first-order valence-corrected chi connectivity index (χ1v) is 6.87. The normalized spacial score (nSPS) is 10.2. The van der Waals surface area contributed by atoms with Crippen molar-refractivity contribution in [3.63, 3.8) is 0 Å². The molecule has 0 aliphatic rings. The molecular formula is C15H19N3O3. The molecule has 0 aliphatic heterocycles. The number of hydrogen-bond acceptors (Lipinski definition) is 4. The largest absolute Gasteiger partial charge is 0.492 e. The maximum atomic E-state index is 11.6. The van der Waals surface area contributed by atoms with Gasteiger partial charge in [-0.05, 0) is 31.0 Å². The average molecular weight is 289 g/mol. The molecule has 1 heterocycles. The third kappa shape index (κ3) is 4.83. The van der Waals surface area contributed by atoms with E-state index in [0.717, 1.165) is 12.2 Å². The molecule has 0 saturated carbocycles. The van der Waals surface area contributed by atoms with E-state index in [2.05, 4.69) is 22.7 Å². The van der Waals surface area contributed by atoms with Crippen LogP contribution in [0.15, 0.2) is 34.9 Å². The molecule has 6 nitrogen and oxygen atoms in total. The van der Waals surface area contributed by atoms with Gasteiger partial charge in [-0.25, -0.2) is 4.79 Å². The van der Waals surface area contributed by atoms with Crippen LogP contribution >= 0.6 is 0 Å². The summed E-state index contributed by atoms with van der Waals surface area (Å²) in [5.41, 5.74) is 1.27. The number of rotatable bonds is 6. The van der Waals surface area contributed by atoms with Gasteiger partial charge in [0.15, 0.2) is 5.82 Å². The summed E-state index contributed by atoms with van der Waals surface area (Å²) in [7, 11) is 0. The lowest BCUT2D eigenvalue weighted by molar-refractivity contribution is 0.247. The highest BCUT2D eigenvalue weighted by Crippen LogP contribution is 2.12. The van der Waals surface area contributed by atoms with Crippen molar-refractivity contribution in [3.05, 3.63) is 41.7 Å². The second kappa shape index (κ2) is 7.33. The Balaban J connectivity index is 1.65. The standard InChI is InChI=1S/C15H19N3O3/c1-3-12-4-6-13(7-5-12)20-9-8-16-15(19)17-14-10-11(2)21-18-14/h4-7,10H,3,8-9H2,1-2H3,(H2,16,17,18,19). The Morgan fingerprint density at radius 2 is 2.10 bits per heavy atom. The third-order valence-electron chi connectivity index (χ3n) is 2.86. The number of anilines is 1. The number of nitrogens with zero attached hydrogens (tertiary/aromatic N) is 1. The number of carbonyl (C=O) groups is 1. The van der Waals surface area contributed by atoms with Crippen LogP contribution in [0.1, 0.15) is 18.2 Å². The highest BCUT2D eigenvalue weighted by Gasteiger charge is 2.04. The quantitative estimate of drug-likeness (QED) is 0.802. The van der Waals surface area contributed by atoms with Crippen LogP contribution < -0.4 is 15.4 Å². The van der Waals surface area contributed by atoms with Crippen molar-refractivity contribution < 1.29 is 14.1 Å². The zero-order valence-corrected chi connectivity index (χ0v) is 12.2. The smallest absolute Gasteiger partial charge is 0.320 e. The van der Waals surface area contributed by atoms with Gasteiger partial charge in [0, 0.05) is 6.07 Å². The van der Waals surface area contributed by atoms with Gasteiger partial charge in [0.25, 0.3) is 0 Å². The molecule has 0 saturated heterocycles. The lowest BCUT2D eigenvalue weighted by Crippen LogP contribution is -2.32. The predicted molar refractivity (Wildman–Crippen MR) is 79.6 cm³/mol. The molecule has 2 N–H and O–H groups in total. The number of benzene rings is 1. The maximum absolute atomic E-state index is 11.6. The Morgan fingerprint density at radius 3 is 2.71 bits per heavy atom. The van der Waals surface area contributed by atoms with Gasteiger partial charge < -0.3 is 14.6 Å². The monoisotopic (exact) mass is 289 g/mol. The number of amides is 2. The number of urea groups is 1. The Hall–Kier alpha value is -2.50. The summed E-state index contributed by atoms with van der Waals surface area (Å²) < 4.78 is 10.4. The summed E-state index contributed by atoms with van der Waals surface area (Å²) >= 11 is 0. The van der Waals surface area contributed by atoms with E-state index in [0.29, 0.717) is 24.7 Å². The van der Waals surface area contributed by atoms with Crippen LogP contribution in [-0.4, -0.2) is 24.3 Å². The SMILES string of the molecule is CCc1ccc(OCCNC(=O)Nc2cc(C)on2)cc1. The highest BCUT2D eigenvalue weighted by atomic mass is 16.5. The highest BCUT2D eigenvalue weighted by molar-refractivity contribution is 5.88. The fourth-order valence-electron chi connectivity index (χ4n) is 1.74. The van der Waals surface area contributed by atoms with Gasteiger partial charge in [0.1, 0.15) is 18.1 Å². The Kier molecular flexibility index (Phi) is 5.20. The van der Waals surface area contributed by atoms with E-state index in [1.807, 2.05) is 24.3 Å². The Morgan fingerprint density at radius 1 is 1.33 bits per heavy atom. The topological polar surface area (TPSA) is 76.4 Å². The molecule has 0 fully saturated rings.